The lowest BCUT2D eigenvalue weighted by atomic mass is 9.85. The Morgan fingerprint density at radius 2 is 2.44 bits per heavy atom. The van der Waals surface area contributed by atoms with Gasteiger partial charge in [-0.1, -0.05) is 18.2 Å². The van der Waals surface area contributed by atoms with Gasteiger partial charge in [-0.3, -0.25) is 4.79 Å². The Balaban J connectivity index is 2.02. The topological polar surface area (TPSA) is 49.8 Å². The van der Waals surface area contributed by atoms with E-state index in [0.717, 1.165) is 12.8 Å². The van der Waals surface area contributed by atoms with Crippen molar-refractivity contribution < 1.29 is 14.6 Å². The average molecular weight is 220 g/mol. The van der Waals surface area contributed by atoms with Crippen molar-refractivity contribution in [3.63, 3.8) is 0 Å². The van der Waals surface area contributed by atoms with E-state index in [1.54, 1.807) is 12.2 Å². The van der Waals surface area contributed by atoms with E-state index < -0.39 is 11.7 Å². The number of carbonyl (C=O) groups is 1. The first-order valence-corrected chi connectivity index (χ1v) is 5.57. The molecule has 1 aliphatic carbocycles. The highest BCUT2D eigenvalue weighted by atomic mass is 16.6. The zero-order valence-corrected chi connectivity index (χ0v) is 9.19. The van der Waals surface area contributed by atoms with Crippen molar-refractivity contribution in [1.29, 1.82) is 0 Å². The van der Waals surface area contributed by atoms with Gasteiger partial charge < -0.3 is 9.84 Å². The summed E-state index contributed by atoms with van der Waals surface area (Å²) in [6.07, 6.45) is 8.62. The lowest BCUT2D eigenvalue weighted by Crippen LogP contribution is -2.33. The van der Waals surface area contributed by atoms with Crippen LogP contribution >= 0.6 is 0 Å². The predicted octanol–water partition coefficient (Wildman–Crippen LogP) is 1.54. The second-order valence-electron chi connectivity index (χ2n) is 4.20. The van der Waals surface area contributed by atoms with Crippen LogP contribution in [-0.4, -0.2) is 29.2 Å². The number of allylic oxidation sites excluding steroid dienone is 3. The summed E-state index contributed by atoms with van der Waals surface area (Å²) in [5.41, 5.74) is -0.105. The van der Waals surface area contributed by atoms with Crippen molar-refractivity contribution in [3.05, 3.63) is 36.5 Å². The summed E-state index contributed by atoms with van der Waals surface area (Å²) in [4.78, 5) is 11.6. The van der Waals surface area contributed by atoms with E-state index >= 15 is 0 Å². The molecule has 0 radical (unpaired) electrons. The summed E-state index contributed by atoms with van der Waals surface area (Å²) in [6, 6.07) is 0. The van der Waals surface area contributed by atoms with Crippen molar-refractivity contribution in [2.45, 2.75) is 31.0 Å². The molecule has 2 unspecified atom stereocenters. The molecule has 2 aliphatic rings. The molecule has 1 N–H and O–H groups in total. The third-order valence-corrected chi connectivity index (χ3v) is 3.07. The van der Waals surface area contributed by atoms with Gasteiger partial charge in [0.15, 0.2) is 11.4 Å². The smallest absolute Gasteiger partial charge is 0.194 e. The standard InChI is InChI=1S/C13H16O3/c1-2-3-4-7-11(14)10-6-5-8-12(15)13(10)9-16-13/h2,5-6,8,11,14H,1,3-4,7,9H2. The molecule has 0 aromatic carbocycles. The van der Waals surface area contributed by atoms with Crippen LogP contribution in [0, 0.1) is 0 Å². The summed E-state index contributed by atoms with van der Waals surface area (Å²) < 4.78 is 5.24. The van der Waals surface area contributed by atoms with Crippen LogP contribution in [0.25, 0.3) is 0 Å². The van der Waals surface area contributed by atoms with Gasteiger partial charge in [0.2, 0.25) is 0 Å². The number of rotatable bonds is 5. The number of epoxide rings is 1. The SMILES string of the molecule is C=CCCCC(O)C1=CC=CC(=O)C12CO2. The van der Waals surface area contributed by atoms with Gasteiger partial charge in [0.05, 0.1) is 12.7 Å². The number of unbranched alkanes of at least 4 members (excludes halogenated alkanes) is 1. The molecule has 1 saturated heterocycles. The molecular formula is C13H16O3. The van der Waals surface area contributed by atoms with Gasteiger partial charge in [0.25, 0.3) is 0 Å². The molecule has 1 aliphatic heterocycles. The third kappa shape index (κ3) is 1.88. The largest absolute Gasteiger partial charge is 0.389 e. The van der Waals surface area contributed by atoms with Gasteiger partial charge >= 0.3 is 0 Å². The molecule has 3 heteroatoms. The van der Waals surface area contributed by atoms with Crippen LogP contribution in [-0.2, 0) is 9.53 Å². The molecule has 0 aromatic heterocycles. The van der Waals surface area contributed by atoms with E-state index in [1.807, 2.05) is 6.08 Å². The van der Waals surface area contributed by atoms with Gasteiger partial charge in [-0.15, -0.1) is 6.58 Å². The zero-order valence-electron chi connectivity index (χ0n) is 9.19. The molecule has 2 atom stereocenters. The molecule has 1 spiro atoms. The number of aliphatic hydroxyl groups excluding tert-OH is 1. The third-order valence-electron chi connectivity index (χ3n) is 3.07. The molecule has 2 rings (SSSR count). The minimum atomic E-state index is -0.817. The number of ether oxygens (including phenoxy) is 1. The van der Waals surface area contributed by atoms with E-state index in [1.165, 1.54) is 6.08 Å². The highest BCUT2D eigenvalue weighted by Crippen LogP contribution is 2.41. The van der Waals surface area contributed by atoms with E-state index in [-0.39, 0.29) is 5.78 Å². The number of hydrogen-bond donors (Lipinski definition) is 1. The van der Waals surface area contributed by atoms with Gasteiger partial charge in [-0.25, -0.2) is 0 Å². The highest BCUT2D eigenvalue weighted by Gasteiger charge is 2.56. The van der Waals surface area contributed by atoms with Crippen LogP contribution in [0.5, 0.6) is 0 Å². The minimum Gasteiger partial charge on any atom is -0.389 e. The summed E-state index contributed by atoms with van der Waals surface area (Å²) in [5.74, 6) is -0.0484. The van der Waals surface area contributed by atoms with Crippen LogP contribution in [0.1, 0.15) is 19.3 Å². The molecule has 0 saturated carbocycles. The van der Waals surface area contributed by atoms with Gasteiger partial charge in [0.1, 0.15) is 0 Å². The average Bonchev–Trinajstić information content (AvgIpc) is 3.04. The zero-order chi connectivity index (χ0) is 11.6. The number of ketones is 1. The molecule has 1 fully saturated rings. The van der Waals surface area contributed by atoms with Crippen molar-refractivity contribution in [2.75, 3.05) is 6.61 Å². The molecule has 1 heterocycles. The van der Waals surface area contributed by atoms with Crippen LogP contribution < -0.4 is 0 Å². The summed E-state index contributed by atoms with van der Waals surface area (Å²) in [6.45, 7) is 4.04. The first-order chi connectivity index (χ1) is 7.70. The quantitative estimate of drug-likeness (QED) is 0.434. The van der Waals surface area contributed by atoms with Crippen LogP contribution in [0.2, 0.25) is 0 Å². The number of aliphatic hydroxyl groups is 1. The van der Waals surface area contributed by atoms with E-state index in [4.69, 9.17) is 4.74 Å². The minimum absolute atomic E-state index is 0.0484. The Morgan fingerprint density at radius 3 is 3.06 bits per heavy atom. The molecule has 0 bridgehead atoms. The molecule has 16 heavy (non-hydrogen) atoms. The Kier molecular flexibility index (Phi) is 3.08. The molecular weight excluding hydrogens is 204 g/mol. The molecule has 86 valence electrons. The monoisotopic (exact) mass is 220 g/mol. The van der Waals surface area contributed by atoms with E-state index in [0.29, 0.717) is 18.6 Å². The summed E-state index contributed by atoms with van der Waals surface area (Å²) in [7, 11) is 0. The van der Waals surface area contributed by atoms with Crippen LogP contribution in [0.4, 0.5) is 0 Å². The first-order valence-electron chi connectivity index (χ1n) is 5.57. The second-order valence-corrected chi connectivity index (χ2v) is 4.20. The van der Waals surface area contributed by atoms with Crippen LogP contribution in [0.15, 0.2) is 36.5 Å². The summed E-state index contributed by atoms with van der Waals surface area (Å²) in [5, 5.41) is 10.0. The molecule has 0 aromatic rings. The molecule has 3 nitrogen and oxygen atoms in total. The Morgan fingerprint density at radius 1 is 1.69 bits per heavy atom. The maximum Gasteiger partial charge on any atom is 0.194 e. The number of carbonyl (C=O) groups excluding carboxylic acids is 1. The van der Waals surface area contributed by atoms with Crippen molar-refractivity contribution in [1.82, 2.24) is 0 Å². The Labute approximate surface area is 95.1 Å². The lowest BCUT2D eigenvalue weighted by molar-refractivity contribution is -0.118. The second kappa shape index (κ2) is 4.36. The number of hydrogen-bond acceptors (Lipinski definition) is 3. The van der Waals surface area contributed by atoms with E-state index in [2.05, 4.69) is 6.58 Å². The van der Waals surface area contributed by atoms with E-state index in [9.17, 15) is 9.90 Å². The summed E-state index contributed by atoms with van der Waals surface area (Å²) >= 11 is 0. The van der Waals surface area contributed by atoms with Gasteiger partial charge in [0, 0.05) is 0 Å². The van der Waals surface area contributed by atoms with Gasteiger partial charge in [-0.05, 0) is 30.9 Å². The maximum absolute atomic E-state index is 11.6. The Bertz CT molecular complexity index is 361. The van der Waals surface area contributed by atoms with Crippen LogP contribution in [0.3, 0.4) is 0 Å². The highest BCUT2D eigenvalue weighted by molar-refractivity contribution is 6.03. The van der Waals surface area contributed by atoms with Crippen molar-refractivity contribution in [3.8, 4) is 0 Å². The predicted molar refractivity (Wildman–Crippen MR) is 61.0 cm³/mol. The first kappa shape index (κ1) is 11.3. The van der Waals surface area contributed by atoms with Crippen molar-refractivity contribution in [2.24, 2.45) is 0 Å². The normalized spacial score (nSPS) is 29.1. The fourth-order valence-electron chi connectivity index (χ4n) is 2.02. The maximum atomic E-state index is 11.6. The van der Waals surface area contributed by atoms with Crippen molar-refractivity contribution >= 4 is 5.78 Å². The fraction of sp³-hybridized carbons (Fsp3) is 0.462. The Hall–Kier alpha value is -1.19. The fourth-order valence-corrected chi connectivity index (χ4v) is 2.02. The molecule has 0 amide bonds. The lowest BCUT2D eigenvalue weighted by Gasteiger charge is -2.21. The van der Waals surface area contributed by atoms with Gasteiger partial charge in [-0.2, -0.15) is 0 Å².